The van der Waals surface area contributed by atoms with E-state index in [2.05, 4.69) is 5.32 Å². The Morgan fingerprint density at radius 3 is 2.71 bits per heavy atom. The predicted molar refractivity (Wildman–Crippen MR) is 77.9 cm³/mol. The Hall–Kier alpha value is -2.21. The molecule has 2 rings (SSSR count). The summed E-state index contributed by atoms with van der Waals surface area (Å²) in [6.07, 6.45) is -0.222. The van der Waals surface area contributed by atoms with Gasteiger partial charge in [0.15, 0.2) is 0 Å². The average Bonchev–Trinajstić information content (AvgIpc) is 2.94. The second kappa shape index (κ2) is 6.49. The third kappa shape index (κ3) is 3.88. The van der Waals surface area contributed by atoms with Crippen molar-refractivity contribution in [3.05, 3.63) is 57.5 Å². The van der Waals surface area contributed by atoms with Crippen molar-refractivity contribution in [1.29, 1.82) is 0 Å². The van der Waals surface area contributed by atoms with Gasteiger partial charge in [-0.05, 0) is 36.1 Å². The van der Waals surface area contributed by atoms with E-state index in [9.17, 15) is 14.0 Å². The molecule has 1 amide bonds. The van der Waals surface area contributed by atoms with Crippen LogP contribution in [0.15, 0.2) is 35.7 Å². The summed E-state index contributed by atoms with van der Waals surface area (Å²) in [5, 5.41) is 13.4. The van der Waals surface area contributed by atoms with Gasteiger partial charge in [-0.25, -0.2) is 4.39 Å². The van der Waals surface area contributed by atoms with Crippen LogP contribution in [-0.2, 0) is 4.79 Å². The van der Waals surface area contributed by atoms with Crippen LogP contribution in [0.5, 0.6) is 0 Å². The Labute approximate surface area is 125 Å². The number of thiophene rings is 1. The number of halogens is 1. The normalized spacial score (nSPS) is 11.9. The van der Waals surface area contributed by atoms with Gasteiger partial charge in [0, 0.05) is 10.4 Å². The van der Waals surface area contributed by atoms with Crippen LogP contribution in [0.1, 0.15) is 33.3 Å². The Morgan fingerprint density at radius 2 is 2.14 bits per heavy atom. The summed E-state index contributed by atoms with van der Waals surface area (Å²) in [7, 11) is 0. The van der Waals surface area contributed by atoms with E-state index in [1.54, 1.807) is 19.1 Å². The fourth-order valence-corrected chi connectivity index (χ4v) is 2.64. The van der Waals surface area contributed by atoms with Crippen LogP contribution in [0.4, 0.5) is 4.39 Å². The minimum absolute atomic E-state index is 0.171. The molecule has 110 valence electrons. The third-order valence-corrected chi connectivity index (χ3v) is 3.99. The first-order valence-electron chi connectivity index (χ1n) is 6.29. The largest absolute Gasteiger partial charge is 0.481 e. The first-order chi connectivity index (χ1) is 9.97. The van der Waals surface area contributed by atoms with Crippen molar-refractivity contribution in [3.63, 3.8) is 0 Å². The molecule has 0 radical (unpaired) electrons. The summed E-state index contributed by atoms with van der Waals surface area (Å²) < 4.78 is 13.5. The molecule has 6 heteroatoms. The molecule has 4 nitrogen and oxygen atoms in total. The molecule has 21 heavy (non-hydrogen) atoms. The lowest BCUT2D eigenvalue weighted by Gasteiger charge is -2.15. The van der Waals surface area contributed by atoms with Gasteiger partial charge < -0.3 is 10.4 Å². The predicted octanol–water partition coefficient (Wildman–Crippen LogP) is 3.14. The highest BCUT2D eigenvalue weighted by molar-refractivity contribution is 7.10. The maximum Gasteiger partial charge on any atom is 0.305 e. The topological polar surface area (TPSA) is 66.4 Å². The van der Waals surface area contributed by atoms with Crippen LogP contribution in [0.3, 0.4) is 0 Å². The maximum atomic E-state index is 13.5. The van der Waals surface area contributed by atoms with Crippen LogP contribution in [0.25, 0.3) is 0 Å². The minimum Gasteiger partial charge on any atom is -0.481 e. The van der Waals surface area contributed by atoms with E-state index >= 15 is 0 Å². The Bertz CT molecular complexity index is 655. The van der Waals surface area contributed by atoms with E-state index < -0.39 is 23.7 Å². The zero-order chi connectivity index (χ0) is 15.4. The summed E-state index contributed by atoms with van der Waals surface area (Å²) in [6.45, 7) is 1.61. The van der Waals surface area contributed by atoms with Gasteiger partial charge in [0.05, 0.1) is 12.5 Å². The molecule has 0 aliphatic rings. The number of carboxylic acids is 1. The molecule has 0 unspecified atom stereocenters. The van der Waals surface area contributed by atoms with Gasteiger partial charge in [0.25, 0.3) is 5.91 Å². The average molecular weight is 307 g/mol. The van der Waals surface area contributed by atoms with Gasteiger partial charge in [-0.1, -0.05) is 12.1 Å². The van der Waals surface area contributed by atoms with E-state index in [-0.39, 0.29) is 12.0 Å². The number of carbonyl (C=O) groups excluding carboxylic acids is 1. The van der Waals surface area contributed by atoms with Gasteiger partial charge in [-0.3, -0.25) is 9.59 Å². The van der Waals surface area contributed by atoms with E-state index in [0.717, 1.165) is 10.9 Å². The lowest BCUT2D eigenvalue weighted by atomic mass is 10.1. The van der Waals surface area contributed by atoms with Crippen molar-refractivity contribution in [3.8, 4) is 0 Å². The van der Waals surface area contributed by atoms with Crippen LogP contribution < -0.4 is 5.32 Å². The molecule has 2 aromatic rings. The molecule has 0 spiro atoms. The number of rotatable bonds is 5. The second-order valence-corrected chi connectivity index (χ2v) is 5.58. The lowest BCUT2D eigenvalue weighted by molar-refractivity contribution is -0.137. The molecule has 0 aliphatic heterocycles. The molecule has 0 bridgehead atoms. The van der Waals surface area contributed by atoms with Gasteiger partial charge in [-0.2, -0.15) is 0 Å². The van der Waals surface area contributed by atoms with E-state index in [1.165, 1.54) is 23.5 Å². The third-order valence-electron chi connectivity index (χ3n) is 3.00. The SMILES string of the molecule is Cc1ccc(C(=O)N[C@H](CC(=O)O)c2cccs2)cc1F. The standard InChI is InChI=1S/C15H14FNO3S/c1-9-4-5-10(7-11(9)16)15(20)17-12(8-14(18)19)13-3-2-6-21-13/h2-7,12H,8H2,1H3,(H,17,20)(H,18,19)/t12-/m1/s1. The molecule has 2 N–H and O–H groups in total. The molecule has 0 fully saturated rings. The first kappa shape index (κ1) is 15.2. The Morgan fingerprint density at radius 1 is 1.38 bits per heavy atom. The number of hydrogen-bond donors (Lipinski definition) is 2. The van der Waals surface area contributed by atoms with Crippen molar-refractivity contribution in [1.82, 2.24) is 5.32 Å². The summed E-state index contributed by atoms with van der Waals surface area (Å²) in [5.74, 6) is -1.97. The highest BCUT2D eigenvalue weighted by Gasteiger charge is 2.20. The maximum absolute atomic E-state index is 13.5. The fraction of sp³-hybridized carbons (Fsp3) is 0.200. The monoisotopic (exact) mass is 307 g/mol. The fourth-order valence-electron chi connectivity index (χ4n) is 1.86. The van der Waals surface area contributed by atoms with E-state index in [1.807, 2.05) is 5.38 Å². The molecule has 1 heterocycles. The molecule has 1 aromatic carbocycles. The number of aryl methyl sites for hydroxylation is 1. The van der Waals surface area contributed by atoms with Crippen molar-refractivity contribution < 1.29 is 19.1 Å². The Balaban J connectivity index is 2.17. The number of amides is 1. The minimum atomic E-state index is -1.01. The van der Waals surface area contributed by atoms with Gasteiger partial charge in [0.2, 0.25) is 0 Å². The van der Waals surface area contributed by atoms with Gasteiger partial charge >= 0.3 is 5.97 Å². The summed E-state index contributed by atoms with van der Waals surface area (Å²) in [6, 6.07) is 7.10. The summed E-state index contributed by atoms with van der Waals surface area (Å²) in [5.41, 5.74) is 0.622. The molecule has 1 aromatic heterocycles. The van der Waals surface area contributed by atoms with Crippen LogP contribution in [0, 0.1) is 12.7 Å². The number of benzene rings is 1. The van der Waals surface area contributed by atoms with Crippen molar-refractivity contribution in [2.24, 2.45) is 0 Å². The van der Waals surface area contributed by atoms with Crippen molar-refractivity contribution in [2.75, 3.05) is 0 Å². The molecular weight excluding hydrogens is 293 g/mol. The van der Waals surface area contributed by atoms with Gasteiger partial charge in [-0.15, -0.1) is 11.3 Å². The second-order valence-electron chi connectivity index (χ2n) is 4.60. The highest BCUT2D eigenvalue weighted by atomic mass is 32.1. The first-order valence-corrected chi connectivity index (χ1v) is 7.17. The van der Waals surface area contributed by atoms with E-state index in [4.69, 9.17) is 5.11 Å². The van der Waals surface area contributed by atoms with Gasteiger partial charge in [0.1, 0.15) is 5.82 Å². The molecule has 0 saturated heterocycles. The van der Waals surface area contributed by atoms with Crippen LogP contribution in [0.2, 0.25) is 0 Å². The molecular formula is C15H14FNO3S. The van der Waals surface area contributed by atoms with E-state index in [0.29, 0.717) is 5.56 Å². The molecule has 0 saturated carbocycles. The molecule has 1 atom stereocenters. The van der Waals surface area contributed by atoms with Crippen molar-refractivity contribution >= 4 is 23.2 Å². The quantitative estimate of drug-likeness (QED) is 0.892. The van der Waals surface area contributed by atoms with Crippen molar-refractivity contribution in [2.45, 2.75) is 19.4 Å². The molecule has 0 aliphatic carbocycles. The highest BCUT2D eigenvalue weighted by Crippen LogP contribution is 2.22. The number of hydrogen-bond acceptors (Lipinski definition) is 3. The number of nitrogens with one attached hydrogen (secondary N) is 1. The summed E-state index contributed by atoms with van der Waals surface area (Å²) in [4.78, 5) is 23.8. The number of carbonyl (C=O) groups is 2. The van der Waals surface area contributed by atoms with Crippen LogP contribution >= 0.6 is 11.3 Å². The zero-order valence-electron chi connectivity index (χ0n) is 11.3. The number of aliphatic carboxylic acids is 1. The summed E-state index contributed by atoms with van der Waals surface area (Å²) >= 11 is 1.36. The smallest absolute Gasteiger partial charge is 0.305 e. The zero-order valence-corrected chi connectivity index (χ0v) is 12.1. The lowest BCUT2D eigenvalue weighted by Crippen LogP contribution is -2.29. The Kier molecular flexibility index (Phi) is 4.70. The number of carboxylic acid groups (broad SMARTS) is 1. The van der Waals surface area contributed by atoms with Crippen LogP contribution in [-0.4, -0.2) is 17.0 Å².